The molecule has 1 aliphatic heterocycles. The second-order valence-electron chi connectivity index (χ2n) is 6.82. The Morgan fingerprint density at radius 1 is 1.04 bits per heavy atom. The van der Waals surface area contributed by atoms with Crippen LogP contribution in [0, 0.1) is 11.6 Å². The Bertz CT molecular complexity index is 1040. The summed E-state index contributed by atoms with van der Waals surface area (Å²) in [5, 5.41) is 0.494. The molecule has 2 aromatic carbocycles. The van der Waals surface area contributed by atoms with E-state index < -0.39 is 17.4 Å². The lowest BCUT2D eigenvalue weighted by Crippen LogP contribution is -2.32. The van der Waals surface area contributed by atoms with Crippen LogP contribution in [0.5, 0.6) is 11.5 Å². The quantitative estimate of drug-likeness (QED) is 0.515. The van der Waals surface area contributed by atoms with Crippen molar-refractivity contribution in [2.24, 2.45) is 0 Å². The first-order chi connectivity index (χ1) is 13.4. The molecule has 0 N–H and O–H groups in total. The number of fused-ring (bicyclic) bond motifs is 1. The molecular weight excluding hydrogens is 384 g/mol. The van der Waals surface area contributed by atoms with Crippen LogP contribution in [0.2, 0.25) is 5.02 Å². The molecule has 2 heterocycles. The van der Waals surface area contributed by atoms with Gasteiger partial charge in [0.1, 0.15) is 17.3 Å². The van der Waals surface area contributed by atoms with Crippen molar-refractivity contribution in [2.75, 3.05) is 0 Å². The van der Waals surface area contributed by atoms with Gasteiger partial charge >= 0.3 is 0 Å². The van der Waals surface area contributed by atoms with Crippen LogP contribution < -0.4 is 9.47 Å². The first-order valence-electron chi connectivity index (χ1n) is 9.02. The Hall–Kier alpha value is -2.66. The zero-order chi connectivity index (χ0) is 19.9. The van der Waals surface area contributed by atoms with Crippen molar-refractivity contribution in [3.63, 3.8) is 0 Å². The molecule has 28 heavy (non-hydrogen) atoms. The average Bonchev–Trinajstić information content (AvgIpc) is 3.02. The lowest BCUT2D eigenvalue weighted by atomic mass is 9.99. The SMILES string of the molecule is CCCc1cc(F)c(-c2cccc3c2O[C@@](C)(c2ccc(Cl)cn2)O3)cc1F. The van der Waals surface area contributed by atoms with Crippen LogP contribution >= 0.6 is 11.6 Å². The van der Waals surface area contributed by atoms with Crippen LogP contribution in [0.4, 0.5) is 8.78 Å². The summed E-state index contributed by atoms with van der Waals surface area (Å²) in [5.41, 5.74) is 1.44. The Morgan fingerprint density at radius 2 is 1.86 bits per heavy atom. The number of aryl methyl sites for hydroxylation is 1. The third-order valence-electron chi connectivity index (χ3n) is 4.72. The molecule has 0 saturated heterocycles. The molecule has 1 aromatic heterocycles. The van der Waals surface area contributed by atoms with E-state index in [9.17, 15) is 8.78 Å². The number of nitrogens with zero attached hydrogens (tertiary/aromatic N) is 1. The molecule has 0 unspecified atom stereocenters. The molecular formula is C22H18ClF2NO2. The van der Waals surface area contributed by atoms with E-state index in [2.05, 4.69) is 4.98 Å². The van der Waals surface area contributed by atoms with Gasteiger partial charge in [0.05, 0.1) is 5.02 Å². The van der Waals surface area contributed by atoms with Gasteiger partial charge in [-0.05, 0) is 42.3 Å². The highest BCUT2D eigenvalue weighted by Crippen LogP contribution is 2.49. The van der Waals surface area contributed by atoms with E-state index in [1.807, 2.05) is 6.92 Å². The Morgan fingerprint density at radius 3 is 2.57 bits per heavy atom. The van der Waals surface area contributed by atoms with Crippen molar-refractivity contribution in [1.82, 2.24) is 4.98 Å². The molecule has 1 aliphatic rings. The van der Waals surface area contributed by atoms with Gasteiger partial charge in [0.15, 0.2) is 11.5 Å². The fraction of sp³-hybridized carbons (Fsp3) is 0.227. The number of aromatic nitrogens is 1. The van der Waals surface area contributed by atoms with Gasteiger partial charge in [0, 0.05) is 24.2 Å². The van der Waals surface area contributed by atoms with Crippen LogP contribution in [0.25, 0.3) is 11.1 Å². The number of ether oxygens (including phenoxy) is 2. The summed E-state index contributed by atoms with van der Waals surface area (Å²) in [7, 11) is 0. The minimum absolute atomic E-state index is 0.131. The van der Waals surface area contributed by atoms with Crippen molar-refractivity contribution < 1.29 is 18.3 Å². The first kappa shape index (κ1) is 18.7. The molecule has 0 spiro atoms. The molecule has 0 amide bonds. The number of pyridine rings is 1. The van der Waals surface area contributed by atoms with E-state index >= 15 is 0 Å². The van der Waals surface area contributed by atoms with E-state index in [4.69, 9.17) is 21.1 Å². The highest BCUT2D eigenvalue weighted by molar-refractivity contribution is 6.30. The number of halogens is 3. The number of hydrogen-bond donors (Lipinski definition) is 0. The third kappa shape index (κ3) is 3.20. The lowest BCUT2D eigenvalue weighted by Gasteiger charge is -2.22. The molecule has 0 saturated carbocycles. The van der Waals surface area contributed by atoms with Gasteiger partial charge in [0.2, 0.25) is 0 Å². The molecule has 6 heteroatoms. The highest BCUT2D eigenvalue weighted by atomic mass is 35.5. The van der Waals surface area contributed by atoms with Crippen LogP contribution in [0.1, 0.15) is 31.5 Å². The van der Waals surface area contributed by atoms with Crippen molar-refractivity contribution >= 4 is 11.6 Å². The third-order valence-corrected chi connectivity index (χ3v) is 4.94. The Labute approximate surface area is 166 Å². The summed E-state index contributed by atoms with van der Waals surface area (Å²) in [6, 6.07) is 11.0. The Balaban J connectivity index is 1.76. The molecule has 0 bridgehead atoms. The van der Waals surface area contributed by atoms with E-state index in [1.54, 1.807) is 37.3 Å². The summed E-state index contributed by atoms with van der Waals surface area (Å²) < 4.78 is 41.3. The summed E-state index contributed by atoms with van der Waals surface area (Å²) in [5.74, 6) is -1.34. The van der Waals surface area contributed by atoms with Gasteiger partial charge in [-0.3, -0.25) is 4.98 Å². The van der Waals surface area contributed by atoms with Crippen molar-refractivity contribution in [3.05, 3.63) is 76.6 Å². The molecule has 4 rings (SSSR count). The minimum atomic E-state index is -1.19. The van der Waals surface area contributed by atoms with E-state index in [-0.39, 0.29) is 5.56 Å². The van der Waals surface area contributed by atoms with Crippen LogP contribution in [-0.4, -0.2) is 4.98 Å². The second-order valence-corrected chi connectivity index (χ2v) is 7.25. The zero-order valence-electron chi connectivity index (χ0n) is 15.4. The van der Waals surface area contributed by atoms with Gasteiger partial charge < -0.3 is 9.47 Å². The molecule has 0 aliphatic carbocycles. The highest BCUT2D eigenvalue weighted by Gasteiger charge is 2.41. The molecule has 3 aromatic rings. The largest absolute Gasteiger partial charge is 0.443 e. The summed E-state index contributed by atoms with van der Waals surface area (Å²) in [6.07, 6.45) is 2.72. The molecule has 1 atom stereocenters. The number of para-hydroxylation sites is 1. The monoisotopic (exact) mass is 401 g/mol. The van der Waals surface area contributed by atoms with Crippen molar-refractivity contribution in [2.45, 2.75) is 32.5 Å². The molecule has 0 fully saturated rings. The standard InChI is InChI=1S/C22H18ClF2NO2/c1-3-5-13-10-18(25)16(11-17(13)24)15-6-4-7-19-21(15)28-22(2,27-19)20-9-8-14(23)12-26-20/h4,6-12H,3,5H2,1-2H3/t22-/m0/s1. The molecule has 3 nitrogen and oxygen atoms in total. The normalized spacial score (nSPS) is 17.8. The fourth-order valence-electron chi connectivity index (χ4n) is 3.34. The van der Waals surface area contributed by atoms with E-state index in [0.29, 0.717) is 39.8 Å². The van der Waals surface area contributed by atoms with Crippen LogP contribution in [-0.2, 0) is 12.2 Å². The predicted molar refractivity (Wildman–Crippen MR) is 104 cm³/mol. The van der Waals surface area contributed by atoms with Gasteiger partial charge in [-0.15, -0.1) is 0 Å². The number of hydrogen-bond acceptors (Lipinski definition) is 3. The van der Waals surface area contributed by atoms with Crippen molar-refractivity contribution in [1.29, 1.82) is 0 Å². The van der Waals surface area contributed by atoms with Gasteiger partial charge in [-0.2, -0.15) is 0 Å². The van der Waals surface area contributed by atoms with Gasteiger partial charge in [0.25, 0.3) is 5.79 Å². The predicted octanol–water partition coefficient (Wildman–Crippen LogP) is 6.28. The zero-order valence-corrected chi connectivity index (χ0v) is 16.2. The number of benzene rings is 2. The van der Waals surface area contributed by atoms with Crippen LogP contribution in [0.3, 0.4) is 0 Å². The number of rotatable bonds is 4. The maximum absolute atomic E-state index is 14.8. The maximum Gasteiger partial charge on any atom is 0.292 e. The fourth-order valence-corrected chi connectivity index (χ4v) is 3.46. The molecule has 0 radical (unpaired) electrons. The smallest absolute Gasteiger partial charge is 0.292 e. The van der Waals surface area contributed by atoms with Crippen LogP contribution in [0.15, 0.2) is 48.7 Å². The van der Waals surface area contributed by atoms with Gasteiger partial charge in [-0.1, -0.05) is 37.1 Å². The summed E-state index contributed by atoms with van der Waals surface area (Å²) in [4.78, 5) is 4.27. The van der Waals surface area contributed by atoms with Gasteiger partial charge in [-0.25, -0.2) is 8.78 Å². The summed E-state index contributed by atoms with van der Waals surface area (Å²) >= 11 is 5.90. The lowest BCUT2D eigenvalue weighted by molar-refractivity contribution is -0.0715. The maximum atomic E-state index is 14.8. The topological polar surface area (TPSA) is 31.4 Å². The second kappa shape index (κ2) is 7.06. The minimum Gasteiger partial charge on any atom is -0.443 e. The molecule has 144 valence electrons. The van der Waals surface area contributed by atoms with Crippen molar-refractivity contribution in [3.8, 4) is 22.6 Å². The Kier molecular flexibility index (Phi) is 4.71. The first-order valence-corrected chi connectivity index (χ1v) is 9.40. The summed E-state index contributed by atoms with van der Waals surface area (Å²) in [6.45, 7) is 3.64. The van der Waals surface area contributed by atoms with E-state index in [0.717, 1.165) is 6.42 Å². The average molecular weight is 402 g/mol. The van der Waals surface area contributed by atoms with E-state index in [1.165, 1.54) is 18.3 Å².